The molecule has 0 amide bonds. The highest BCUT2D eigenvalue weighted by Gasteiger charge is 2.56. The Morgan fingerprint density at radius 2 is 1.79 bits per heavy atom. The minimum atomic E-state index is -4.47. The fraction of sp³-hybridized carbons (Fsp3) is 0.364. The van der Waals surface area contributed by atoms with Crippen molar-refractivity contribution >= 4 is 23.4 Å². The van der Waals surface area contributed by atoms with Crippen molar-refractivity contribution in [3.63, 3.8) is 0 Å². The average Bonchev–Trinajstić information content (AvgIpc) is 3.22. The molecule has 0 radical (unpaired) electrons. The third-order valence-electron chi connectivity index (χ3n) is 5.82. The number of hydrogen-bond donors (Lipinski definition) is 0. The summed E-state index contributed by atoms with van der Waals surface area (Å²) < 4.78 is 44.6. The number of alkyl halides is 3. The average molecular weight is 423 g/mol. The molecule has 1 aliphatic heterocycles. The number of esters is 1. The minimum Gasteiger partial charge on any atom is -0.450 e. The van der Waals surface area contributed by atoms with E-state index in [2.05, 4.69) is 0 Å². The van der Waals surface area contributed by atoms with Gasteiger partial charge in [-0.15, -0.1) is 0 Å². The SMILES string of the molecule is Cc1cc(-c2cccc(C(F)(F)F)c2)c(Cl)cc1C1C(=O)OC2(CCCC2)C1=O. The topological polar surface area (TPSA) is 43.4 Å². The van der Waals surface area contributed by atoms with Crippen LogP contribution in [0.1, 0.15) is 48.3 Å². The molecule has 2 fully saturated rings. The molecule has 1 heterocycles. The van der Waals surface area contributed by atoms with Gasteiger partial charge in [0.05, 0.1) is 5.56 Å². The van der Waals surface area contributed by atoms with Crippen molar-refractivity contribution in [2.45, 2.75) is 50.3 Å². The lowest BCUT2D eigenvalue weighted by molar-refractivity contribution is -0.151. The van der Waals surface area contributed by atoms with E-state index < -0.39 is 29.2 Å². The van der Waals surface area contributed by atoms with E-state index in [1.807, 2.05) is 0 Å². The van der Waals surface area contributed by atoms with Crippen LogP contribution in [0.3, 0.4) is 0 Å². The summed E-state index contributed by atoms with van der Waals surface area (Å²) in [6, 6.07) is 8.00. The molecule has 152 valence electrons. The van der Waals surface area contributed by atoms with E-state index in [1.54, 1.807) is 13.0 Å². The van der Waals surface area contributed by atoms with E-state index in [0.717, 1.165) is 25.0 Å². The van der Waals surface area contributed by atoms with Crippen molar-refractivity contribution in [3.8, 4) is 11.1 Å². The third-order valence-corrected chi connectivity index (χ3v) is 6.13. The molecular formula is C22H18ClF3O3. The predicted octanol–water partition coefficient (Wildman–Crippen LogP) is 5.86. The number of rotatable bonds is 2. The Bertz CT molecular complexity index is 1010. The molecular weight excluding hydrogens is 405 g/mol. The number of benzene rings is 2. The first kappa shape index (κ1) is 20.0. The molecule has 1 saturated carbocycles. The van der Waals surface area contributed by atoms with Crippen molar-refractivity contribution in [2.24, 2.45) is 0 Å². The van der Waals surface area contributed by atoms with Crippen LogP contribution in [0.2, 0.25) is 5.02 Å². The number of hydrogen-bond acceptors (Lipinski definition) is 3. The van der Waals surface area contributed by atoms with Gasteiger partial charge in [-0.05, 0) is 73.6 Å². The molecule has 0 N–H and O–H groups in total. The maximum absolute atomic E-state index is 13.0. The summed E-state index contributed by atoms with van der Waals surface area (Å²) >= 11 is 6.38. The first-order chi connectivity index (χ1) is 13.6. The van der Waals surface area contributed by atoms with Crippen LogP contribution in [-0.2, 0) is 20.5 Å². The number of ketones is 1. The standard InChI is InChI=1S/C22H18ClF3O3/c1-12-9-16(13-5-4-6-14(10-13)22(24,25)26)17(23)11-15(12)18-19(27)21(29-20(18)28)7-2-3-8-21/h4-6,9-11,18H,2-3,7-8H2,1H3. The Kier molecular flexibility index (Phi) is 4.73. The zero-order valence-electron chi connectivity index (χ0n) is 15.6. The highest BCUT2D eigenvalue weighted by molar-refractivity contribution is 6.33. The first-order valence-corrected chi connectivity index (χ1v) is 9.75. The van der Waals surface area contributed by atoms with Gasteiger partial charge in [-0.25, -0.2) is 0 Å². The molecule has 1 saturated heterocycles. The monoisotopic (exact) mass is 422 g/mol. The zero-order valence-corrected chi connectivity index (χ0v) is 16.4. The van der Waals surface area contributed by atoms with Gasteiger partial charge in [0.1, 0.15) is 5.92 Å². The highest BCUT2D eigenvalue weighted by atomic mass is 35.5. The van der Waals surface area contributed by atoms with Gasteiger partial charge >= 0.3 is 12.1 Å². The van der Waals surface area contributed by atoms with Crippen molar-refractivity contribution in [2.75, 3.05) is 0 Å². The van der Waals surface area contributed by atoms with Gasteiger partial charge in [-0.1, -0.05) is 23.7 Å². The summed E-state index contributed by atoms with van der Waals surface area (Å²) in [5.74, 6) is -1.87. The van der Waals surface area contributed by atoms with Crippen LogP contribution in [0, 0.1) is 6.92 Å². The second-order valence-corrected chi connectivity index (χ2v) is 8.09. The largest absolute Gasteiger partial charge is 0.450 e. The van der Waals surface area contributed by atoms with Crippen molar-refractivity contribution in [1.29, 1.82) is 0 Å². The molecule has 2 aromatic carbocycles. The molecule has 2 aromatic rings. The summed E-state index contributed by atoms with van der Waals surface area (Å²) in [5.41, 5.74) is -0.0249. The van der Waals surface area contributed by atoms with Crippen LogP contribution in [0.25, 0.3) is 11.1 Å². The number of ether oxygens (including phenoxy) is 1. The van der Waals surface area contributed by atoms with Crippen LogP contribution >= 0.6 is 11.6 Å². The number of halogens is 4. The first-order valence-electron chi connectivity index (χ1n) is 9.37. The minimum absolute atomic E-state index is 0.179. The lowest BCUT2D eigenvalue weighted by atomic mass is 9.84. The Balaban J connectivity index is 1.74. The molecule has 0 bridgehead atoms. The van der Waals surface area contributed by atoms with Crippen LogP contribution in [0.15, 0.2) is 36.4 Å². The molecule has 29 heavy (non-hydrogen) atoms. The quantitative estimate of drug-likeness (QED) is 0.450. The molecule has 1 aliphatic carbocycles. The summed E-state index contributed by atoms with van der Waals surface area (Å²) in [4.78, 5) is 25.5. The van der Waals surface area contributed by atoms with Gasteiger partial charge in [-0.2, -0.15) is 13.2 Å². The van der Waals surface area contributed by atoms with Gasteiger partial charge in [0, 0.05) is 10.6 Å². The van der Waals surface area contributed by atoms with Crippen molar-refractivity contribution in [1.82, 2.24) is 0 Å². The van der Waals surface area contributed by atoms with E-state index in [-0.39, 0.29) is 10.8 Å². The summed E-state index contributed by atoms with van der Waals surface area (Å²) in [6.45, 7) is 1.71. The van der Waals surface area contributed by atoms with E-state index in [9.17, 15) is 22.8 Å². The molecule has 4 rings (SSSR count). The summed E-state index contributed by atoms with van der Waals surface area (Å²) in [7, 11) is 0. The second-order valence-electron chi connectivity index (χ2n) is 7.69. The van der Waals surface area contributed by atoms with Crippen LogP contribution in [-0.4, -0.2) is 17.4 Å². The lowest BCUT2D eigenvalue weighted by Gasteiger charge is -2.19. The van der Waals surface area contributed by atoms with Crippen LogP contribution in [0.5, 0.6) is 0 Å². The van der Waals surface area contributed by atoms with E-state index in [0.29, 0.717) is 35.1 Å². The Labute approximate surface area is 170 Å². The molecule has 1 spiro atoms. The van der Waals surface area contributed by atoms with E-state index >= 15 is 0 Å². The third kappa shape index (κ3) is 3.33. The second kappa shape index (κ2) is 6.87. The zero-order chi connectivity index (χ0) is 21.0. The molecule has 0 aromatic heterocycles. The number of carbonyl (C=O) groups excluding carboxylic acids is 2. The Hall–Kier alpha value is -2.34. The van der Waals surface area contributed by atoms with Gasteiger partial charge in [0.2, 0.25) is 0 Å². The van der Waals surface area contributed by atoms with E-state index in [1.165, 1.54) is 18.2 Å². The molecule has 7 heteroatoms. The predicted molar refractivity (Wildman–Crippen MR) is 102 cm³/mol. The number of Topliss-reactive ketones (excluding diaryl/α,β-unsaturated/α-hetero) is 1. The van der Waals surface area contributed by atoms with Crippen LogP contribution < -0.4 is 0 Å². The summed E-state index contributed by atoms with van der Waals surface area (Å²) in [6.07, 6.45) is -1.74. The molecule has 1 atom stereocenters. The molecule has 3 nitrogen and oxygen atoms in total. The molecule has 2 aliphatic rings. The van der Waals surface area contributed by atoms with Crippen molar-refractivity contribution < 1.29 is 27.5 Å². The highest BCUT2D eigenvalue weighted by Crippen LogP contribution is 2.46. The maximum atomic E-state index is 13.0. The maximum Gasteiger partial charge on any atom is 0.416 e. The number of aryl methyl sites for hydroxylation is 1. The van der Waals surface area contributed by atoms with Crippen molar-refractivity contribution in [3.05, 3.63) is 58.1 Å². The molecule has 1 unspecified atom stereocenters. The normalized spacial score (nSPS) is 21.1. The van der Waals surface area contributed by atoms with Gasteiger partial charge < -0.3 is 4.74 Å². The summed E-state index contributed by atoms with van der Waals surface area (Å²) in [5, 5.41) is 0.179. The fourth-order valence-corrected chi connectivity index (χ4v) is 4.61. The van der Waals surface area contributed by atoms with Gasteiger partial charge in [0.15, 0.2) is 11.4 Å². The Morgan fingerprint density at radius 3 is 2.45 bits per heavy atom. The van der Waals surface area contributed by atoms with E-state index in [4.69, 9.17) is 16.3 Å². The number of carbonyl (C=O) groups is 2. The van der Waals surface area contributed by atoms with Crippen LogP contribution in [0.4, 0.5) is 13.2 Å². The fourth-order valence-electron chi connectivity index (χ4n) is 4.33. The lowest BCUT2D eigenvalue weighted by Crippen LogP contribution is -2.33. The van der Waals surface area contributed by atoms with Gasteiger partial charge in [0.25, 0.3) is 0 Å². The van der Waals surface area contributed by atoms with Gasteiger partial charge in [-0.3, -0.25) is 9.59 Å². The smallest absolute Gasteiger partial charge is 0.416 e. The Morgan fingerprint density at radius 1 is 1.10 bits per heavy atom.